The topological polar surface area (TPSA) is 62.3 Å². The molecule has 2 amide bonds. The minimum absolute atomic E-state index is 0.0337. The predicted molar refractivity (Wildman–Crippen MR) is 101 cm³/mol. The van der Waals surface area contributed by atoms with E-state index in [1.807, 2.05) is 0 Å². The van der Waals surface area contributed by atoms with Gasteiger partial charge in [0.1, 0.15) is 5.82 Å². The van der Waals surface area contributed by atoms with Crippen molar-refractivity contribution in [3.05, 3.63) is 71.8 Å². The summed E-state index contributed by atoms with van der Waals surface area (Å²) in [5, 5.41) is 3.00. The fraction of sp³-hybridized carbons (Fsp3) is 0.286. The van der Waals surface area contributed by atoms with Crippen molar-refractivity contribution in [2.45, 2.75) is 25.8 Å². The number of hydrogen-bond acceptors (Lipinski definition) is 3. The summed E-state index contributed by atoms with van der Waals surface area (Å²) in [5.74, 6) is -0.594. The second-order valence-electron chi connectivity index (χ2n) is 6.62. The van der Waals surface area contributed by atoms with Gasteiger partial charge in [-0.3, -0.25) is 14.6 Å². The van der Waals surface area contributed by atoms with E-state index in [-0.39, 0.29) is 23.7 Å². The molecular weight excluding hydrogens is 345 g/mol. The van der Waals surface area contributed by atoms with Gasteiger partial charge in [-0.1, -0.05) is 18.2 Å². The minimum atomic E-state index is -0.336. The highest BCUT2D eigenvalue weighted by molar-refractivity contribution is 5.95. The van der Waals surface area contributed by atoms with Crippen molar-refractivity contribution in [2.75, 3.05) is 13.1 Å². The van der Waals surface area contributed by atoms with Crippen LogP contribution in [0.15, 0.2) is 54.9 Å². The van der Waals surface area contributed by atoms with Gasteiger partial charge in [-0.2, -0.15) is 0 Å². The van der Waals surface area contributed by atoms with Crippen LogP contribution in [0, 0.1) is 5.82 Å². The van der Waals surface area contributed by atoms with Gasteiger partial charge in [0.15, 0.2) is 0 Å². The molecule has 1 aromatic heterocycles. The first-order valence-corrected chi connectivity index (χ1v) is 8.97. The Morgan fingerprint density at radius 3 is 2.48 bits per heavy atom. The smallest absolute Gasteiger partial charge is 0.251 e. The average Bonchev–Trinajstić information content (AvgIpc) is 2.69. The van der Waals surface area contributed by atoms with Crippen LogP contribution in [0.1, 0.15) is 35.7 Å². The molecule has 2 heterocycles. The lowest BCUT2D eigenvalue weighted by Crippen LogP contribution is -2.46. The molecule has 2 aromatic rings. The first kappa shape index (κ1) is 18.8. The third-order valence-electron chi connectivity index (χ3n) is 4.72. The second kappa shape index (κ2) is 8.58. The van der Waals surface area contributed by atoms with Crippen molar-refractivity contribution in [2.24, 2.45) is 0 Å². The molecule has 0 saturated carbocycles. The zero-order valence-electron chi connectivity index (χ0n) is 15.2. The van der Waals surface area contributed by atoms with Gasteiger partial charge in [0.05, 0.1) is 0 Å². The summed E-state index contributed by atoms with van der Waals surface area (Å²) in [7, 11) is 0. The molecule has 0 atom stereocenters. The fourth-order valence-corrected chi connectivity index (χ4v) is 3.15. The summed E-state index contributed by atoms with van der Waals surface area (Å²) in [5.41, 5.74) is 1.61. The molecule has 0 bridgehead atoms. The first-order valence-electron chi connectivity index (χ1n) is 8.97. The summed E-state index contributed by atoms with van der Waals surface area (Å²) >= 11 is 0. The van der Waals surface area contributed by atoms with Gasteiger partial charge in [-0.25, -0.2) is 4.39 Å². The molecule has 3 rings (SSSR count). The number of likely N-dealkylation sites (tertiary alicyclic amines) is 1. The number of allylic oxidation sites excluding steroid dienone is 1. The van der Waals surface area contributed by atoms with E-state index in [0.717, 1.165) is 0 Å². The molecule has 0 spiro atoms. The highest BCUT2D eigenvalue weighted by atomic mass is 19.1. The molecule has 140 valence electrons. The summed E-state index contributed by atoms with van der Waals surface area (Å²) in [6.07, 6.45) is 6.03. The molecule has 0 aliphatic carbocycles. The highest BCUT2D eigenvalue weighted by Crippen LogP contribution is 2.19. The van der Waals surface area contributed by atoms with Crippen LogP contribution in [0.25, 0.3) is 5.57 Å². The van der Waals surface area contributed by atoms with E-state index >= 15 is 0 Å². The Balaban J connectivity index is 1.54. The predicted octanol–water partition coefficient (Wildman–Crippen LogP) is 3.05. The zero-order valence-corrected chi connectivity index (χ0v) is 15.2. The highest BCUT2D eigenvalue weighted by Gasteiger charge is 2.23. The Hall–Kier alpha value is -3.02. The molecule has 1 saturated heterocycles. The maximum absolute atomic E-state index is 13.8. The van der Waals surface area contributed by atoms with Gasteiger partial charge >= 0.3 is 0 Å². The number of carbonyl (C=O) groups excluding carboxylic acids is 2. The van der Waals surface area contributed by atoms with Crippen LogP contribution in [0.4, 0.5) is 4.39 Å². The van der Waals surface area contributed by atoms with Crippen molar-refractivity contribution in [3.63, 3.8) is 0 Å². The monoisotopic (exact) mass is 367 g/mol. The van der Waals surface area contributed by atoms with Crippen LogP contribution in [0.2, 0.25) is 0 Å². The fourth-order valence-electron chi connectivity index (χ4n) is 3.15. The average molecular weight is 367 g/mol. The van der Waals surface area contributed by atoms with Crippen LogP contribution in [0.3, 0.4) is 0 Å². The van der Waals surface area contributed by atoms with E-state index in [4.69, 9.17) is 0 Å². The van der Waals surface area contributed by atoms with Crippen molar-refractivity contribution in [1.82, 2.24) is 15.2 Å². The van der Waals surface area contributed by atoms with Gasteiger partial charge < -0.3 is 10.2 Å². The molecule has 0 radical (unpaired) electrons. The van der Waals surface area contributed by atoms with E-state index in [1.165, 1.54) is 12.1 Å². The molecule has 6 heteroatoms. The molecule has 5 nitrogen and oxygen atoms in total. The van der Waals surface area contributed by atoms with E-state index in [2.05, 4.69) is 10.3 Å². The van der Waals surface area contributed by atoms with Crippen LogP contribution in [-0.2, 0) is 4.79 Å². The van der Waals surface area contributed by atoms with E-state index in [1.54, 1.807) is 54.5 Å². The molecule has 27 heavy (non-hydrogen) atoms. The third kappa shape index (κ3) is 4.78. The van der Waals surface area contributed by atoms with Crippen LogP contribution >= 0.6 is 0 Å². The molecule has 1 fully saturated rings. The van der Waals surface area contributed by atoms with Gasteiger partial charge in [0.25, 0.3) is 5.91 Å². The number of pyridine rings is 1. The van der Waals surface area contributed by atoms with E-state index in [9.17, 15) is 14.0 Å². The van der Waals surface area contributed by atoms with Gasteiger partial charge in [0.2, 0.25) is 5.91 Å². The Morgan fingerprint density at radius 1 is 1.15 bits per heavy atom. The van der Waals surface area contributed by atoms with Gasteiger partial charge in [-0.15, -0.1) is 0 Å². The lowest BCUT2D eigenvalue weighted by Gasteiger charge is -2.32. The normalized spacial score (nSPS) is 15.5. The second-order valence-corrected chi connectivity index (χ2v) is 6.62. The summed E-state index contributed by atoms with van der Waals surface area (Å²) < 4.78 is 13.8. The number of halogens is 1. The number of piperidine rings is 1. The van der Waals surface area contributed by atoms with Crippen LogP contribution in [-0.4, -0.2) is 40.8 Å². The number of amides is 2. The van der Waals surface area contributed by atoms with Crippen molar-refractivity contribution in [3.8, 4) is 0 Å². The number of benzene rings is 1. The zero-order chi connectivity index (χ0) is 19.2. The standard InChI is InChI=1S/C21H22FN3O2/c1-15(18-4-2-3-5-19(18)22)14-20(26)25-12-8-17(9-13-25)24-21(27)16-6-10-23-11-7-16/h2-7,10-11,14,17H,8-9,12-13H2,1H3,(H,24,27). The molecule has 1 aliphatic heterocycles. The number of nitrogens with one attached hydrogen (secondary N) is 1. The SMILES string of the molecule is CC(=CC(=O)N1CCC(NC(=O)c2ccncc2)CC1)c1ccccc1F. The quantitative estimate of drug-likeness (QED) is 0.845. The summed E-state index contributed by atoms with van der Waals surface area (Å²) in [6, 6.07) is 9.79. The maximum Gasteiger partial charge on any atom is 0.251 e. The Kier molecular flexibility index (Phi) is 5.96. The van der Waals surface area contributed by atoms with Crippen molar-refractivity contribution < 1.29 is 14.0 Å². The van der Waals surface area contributed by atoms with Gasteiger partial charge in [-0.05, 0) is 43.5 Å². The lowest BCUT2D eigenvalue weighted by atomic mass is 10.0. The molecular formula is C21H22FN3O2. The first-order chi connectivity index (χ1) is 13.0. The molecule has 0 unspecified atom stereocenters. The minimum Gasteiger partial charge on any atom is -0.349 e. The summed E-state index contributed by atoms with van der Waals surface area (Å²) in [4.78, 5) is 30.3. The Morgan fingerprint density at radius 2 is 1.81 bits per heavy atom. The van der Waals surface area contributed by atoms with Crippen molar-refractivity contribution >= 4 is 17.4 Å². The number of rotatable bonds is 4. The Bertz CT molecular complexity index is 844. The van der Waals surface area contributed by atoms with Crippen LogP contribution in [0.5, 0.6) is 0 Å². The van der Waals surface area contributed by atoms with Gasteiger partial charge in [0, 0.05) is 48.7 Å². The number of aromatic nitrogens is 1. The molecule has 1 N–H and O–H groups in total. The number of carbonyl (C=O) groups is 2. The van der Waals surface area contributed by atoms with E-state index < -0.39 is 0 Å². The van der Waals surface area contributed by atoms with Crippen LogP contribution < -0.4 is 5.32 Å². The molecule has 1 aromatic carbocycles. The molecule has 1 aliphatic rings. The lowest BCUT2D eigenvalue weighted by molar-refractivity contribution is -0.127. The van der Waals surface area contributed by atoms with Crippen molar-refractivity contribution in [1.29, 1.82) is 0 Å². The maximum atomic E-state index is 13.8. The number of hydrogen-bond donors (Lipinski definition) is 1. The Labute approximate surface area is 157 Å². The summed E-state index contributed by atoms with van der Waals surface area (Å²) in [6.45, 7) is 2.85. The largest absolute Gasteiger partial charge is 0.349 e. The van der Waals surface area contributed by atoms with E-state index in [0.29, 0.717) is 42.6 Å². The third-order valence-corrected chi connectivity index (χ3v) is 4.72. The number of nitrogens with zero attached hydrogens (tertiary/aromatic N) is 2.